The van der Waals surface area contributed by atoms with E-state index in [1.807, 2.05) is 0 Å². The molecule has 9 heteroatoms. The fourth-order valence-corrected chi connectivity index (χ4v) is 2.75. The third-order valence-electron chi connectivity index (χ3n) is 3.67. The molecule has 3 rings (SSSR count). The van der Waals surface area contributed by atoms with Crippen LogP contribution in [0.4, 0.5) is 14.5 Å². The van der Waals surface area contributed by atoms with Gasteiger partial charge in [-0.1, -0.05) is 11.6 Å². The maximum atomic E-state index is 13.3. The van der Waals surface area contributed by atoms with E-state index in [2.05, 4.69) is 5.32 Å². The molecule has 2 aromatic carbocycles. The van der Waals surface area contributed by atoms with Crippen molar-refractivity contribution in [3.63, 3.8) is 0 Å². The predicted molar refractivity (Wildman–Crippen MR) is 98.5 cm³/mol. The summed E-state index contributed by atoms with van der Waals surface area (Å²) in [5.41, 5.74) is -0.373. The van der Waals surface area contributed by atoms with Crippen LogP contribution in [0, 0.1) is 11.6 Å². The largest absolute Gasteiger partial charge is 0.298 e. The minimum Gasteiger partial charge on any atom is -0.298 e. The summed E-state index contributed by atoms with van der Waals surface area (Å²) in [5, 5.41) is 2.58. The molecule has 1 N–H and O–H groups in total. The molecule has 2 aromatic rings. The molecule has 0 aromatic heterocycles. The Hall–Kier alpha value is -2.97. The average molecular weight is 407 g/mol. The van der Waals surface area contributed by atoms with Gasteiger partial charge in [-0.2, -0.15) is 0 Å². The molecule has 1 heterocycles. The Morgan fingerprint density at radius 1 is 1.07 bits per heavy atom. The van der Waals surface area contributed by atoms with Gasteiger partial charge < -0.3 is 0 Å². The molecule has 27 heavy (non-hydrogen) atoms. The highest BCUT2D eigenvalue weighted by Crippen LogP contribution is 2.23. The summed E-state index contributed by atoms with van der Waals surface area (Å²) < 4.78 is 26.3. The molecule has 0 bridgehead atoms. The minimum absolute atomic E-state index is 0.162. The van der Waals surface area contributed by atoms with Crippen molar-refractivity contribution < 1.29 is 23.2 Å². The van der Waals surface area contributed by atoms with Crippen LogP contribution in [0.5, 0.6) is 0 Å². The number of allylic oxidation sites excluding steroid dienone is 1. The van der Waals surface area contributed by atoms with Crippen molar-refractivity contribution in [3.05, 3.63) is 76.3 Å². The zero-order chi connectivity index (χ0) is 19.7. The second-order valence-electron chi connectivity index (χ2n) is 5.43. The first kappa shape index (κ1) is 18.8. The molecule has 0 saturated carbocycles. The van der Waals surface area contributed by atoms with Crippen molar-refractivity contribution in [2.45, 2.75) is 0 Å². The molecule has 2 amide bonds. The van der Waals surface area contributed by atoms with Gasteiger partial charge in [0.1, 0.15) is 5.57 Å². The van der Waals surface area contributed by atoms with Gasteiger partial charge in [-0.05, 0) is 54.7 Å². The maximum Gasteiger partial charge on any atom is 0.270 e. The van der Waals surface area contributed by atoms with Crippen molar-refractivity contribution in [3.8, 4) is 0 Å². The number of hydrogen-bond acceptors (Lipinski definition) is 4. The first-order valence-electron chi connectivity index (χ1n) is 7.44. The van der Waals surface area contributed by atoms with Crippen LogP contribution in [0.1, 0.15) is 10.4 Å². The molecule has 1 fully saturated rings. The van der Waals surface area contributed by atoms with Crippen molar-refractivity contribution >= 4 is 52.2 Å². The predicted octanol–water partition coefficient (Wildman–Crippen LogP) is 3.18. The monoisotopic (exact) mass is 406 g/mol. The summed E-state index contributed by atoms with van der Waals surface area (Å²) in [6, 6.07) is 8.58. The Morgan fingerprint density at radius 3 is 2.37 bits per heavy atom. The number of benzene rings is 2. The van der Waals surface area contributed by atoms with Crippen molar-refractivity contribution in [2.75, 3.05) is 4.90 Å². The van der Waals surface area contributed by atoms with E-state index in [9.17, 15) is 23.2 Å². The molecule has 1 saturated heterocycles. The molecule has 0 unspecified atom stereocenters. The summed E-state index contributed by atoms with van der Waals surface area (Å²) >= 11 is 10.8. The molecule has 136 valence electrons. The SMILES string of the molecule is O=C1NC(=S)N(c2ccc(Cl)cc2)C(=O)C1=CC(=O)c1ccc(F)c(F)c1. The van der Waals surface area contributed by atoms with Crippen LogP contribution >= 0.6 is 23.8 Å². The summed E-state index contributed by atoms with van der Waals surface area (Å²) in [4.78, 5) is 38.1. The zero-order valence-electron chi connectivity index (χ0n) is 13.3. The number of anilines is 1. The van der Waals surface area contributed by atoms with Gasteiger partial charge in [-0.3, -0.25) is 24.6 Å². The second kappa shape index (κ2) is 7.34. The number of nitrogens with zero attached hydrogens (tertiary/aromatic N) is 1. The first-order chi connectivity index (χ1) is 12.8. The Kier molecular flexibility index (Phi) is 5.11. The number of amides is 2. The third kappa shape index (κ3) is 3.76. The van der Waals surface area contributed by atoms with Gasteiger partial charge in [0.25, 0.3) is 11.8 Å². The van der Waals surface area contributed by atoms with Crippen molar-refractivity contribution in [2.24, 2.45) is 0 Å². The Bertz CT molecular complexity index is 1020. The highest BCUT2D eigenvalue weighted by Gasteiger charge is 2.35. The number of carbonyl (C=O) groups is 3. The number of nitrogens with one attached hydrogen (secondary N) is 1. The van der Waals surface area contributed by atoms with E-state index in [1.54, 1.807) is 0 Å². The van der Waals surface area contributed by atoms with Crippen LogP contribution in [0.3, 0.4) is 0 Å². The smallest absolute Gasteiger partial charge is 0.270 e. The number of thiocarbonyl (C=S) groups is 1. The number of carbonyl (C=O) groups excluding carboxylic acids is 3. The van der Waals surface area contributed by atoms with Gasteiger partial charge in [0.05, 0.1) is 5.69 Å². The lowest BCUT2D eigenvalue weighted by Crippen LogP contribution is -2.54. The fraction of sp³-hybridized carbons (Fsp3) is 0. The van der Waals surface area contributed by atoms with Crippen LogP contribution in [-0.2, 0) is 9.59 Å². The quantitative estimate of drug-likeness (QED) is 0.368. The van der Waals surface area contributed by atoms with Crippen LogP contribution in [0.15, 0.2) is 54.1 Å². The van der Waals surface area contributed by atoms with Crippen molar-refractivity contribution in [1.82, 2.24) is 5.32 Å². The van der Waals surface area contributed by atoms with E-state index < -0.39 is 34.8 Å². The van der Waals surface area contributed by atoms with Gasteiger partial charge in [-0.15, -0.1) is 0 Å². The number of ketones is 1. The molecular weight excluding hydrogens is 398 g/mol. The van der Waals surface area contributed by atoms with E-state index in [-0.39, 0.29) is 10.7 Å². The zero-order valence-corrected chi connectivity index (χ0v) is 14.9. The van der Waals surface area contributed by atoms with Gasteiger partial charge in [-0.25, -0.2) is 8.78 Å². The summed E-state index contributed by atoms with van der Waals surface area (Å²) in [6.07, 6.45) is 0.759. The Morgan fingerprint density at radius 2 is 1.74 bits per heavy atom. The number of halogens is 3. The molecule has 1 aliphatic rings. The second-order valence-corrected chi connectivity index (χ2v) is 6.25. The topological polar surface area (TPSA) is 66.5 Å². The summed E-state index contributed by atoms with van der Waals surface area (Å²) in [7, 11) is 0. The molecular formula is C18H9ClF2N2O3S. The maximum absolute atomic E-state index is 13.3. The lowest BCUT2D eigenvalue weighted by Gasteiger charge is -2.28. The van der Waals surface area contributed by atoms with Crippen LogP contribution in [-0.4, -0.2) is 22.7 Å². The van der Waals surface area contributed by atoms with Crippen LogP contribution < -0.4 is 10.2 Å². The van der Waals surface area contributed by atoms with E-state index >= 15 is 0 Å². The number of hydrogen-bond donors (Lipinski definition) is 1. The van der Waals surface area contributed by atoms with Gasteiger partial charge in [0, 0.05) is 16.7 Å². The van der Waals surface area contributed by atoms with E-state index in [4.69, 9.17) is 23.8 Å². The Balaban J connectivity index is 1.97. The van der Waals surface area contributed by atoms with Gasteiger partial charge in [0.15, 0.2) is 22.5 Å². The standard InChI is InChI=1S/C18H9ClF2N2O3S/c19-10-2-4-11(5-3-10)23-17(26)12(16(25)22-18(23)27)8-15(24)9-1-6-13(20)14(21)7-9/h1-8H,(H,22,25,27). The molecule has 5 nitrogen and oxygen atoms in total. The van der Waals surface area contributed by atoms with E-state index in [0.717, 1.165) is 23.1 Å². The normalized spacial score (nSPS) is 15.9. The highest BCUT2D eigenvalue weighted by atomic mass is 35.5. The van der Waals surface area contributed by atoms with Crippen molar-refractivity contribution in [1.29, 1.82) is 0 Å². The summed E-state index contributed by atoms with van der Waals surface area (Å²) in [6.45, 7) is 0. The first-order valence-corrected chi connectivity index (χ1v) is 8.23. The fourth-order valence-electron chi connectivity index (χ4n) is 2.35. The molecule has 0 spiro atoms. The molecule has 1 aliphatic heterocycles. The number of rotatable bonds is 3. The average Bonchev–Trinajstić information content (AvgIpc) is 2.62. The lowest BCUT2D eigenvalue weighted by atomic mass is 10.0. The highest BCUT2D eigenvalue weighted by molar-refractivity contribution is 7.80. The lowest BCUT2D eigenvalue weighted by molar-refractivity contribution is -0.122. The molecule has 0 atom stereocenters. The van der Waals surface area contributed by atoms with E-state index in [1.165, 1.54) is 24.3 Å². The minimum atomic E-state index is -1.22. The van der Waals surface area contributed by atoms with Gasteiger partial charge >= 0.3 is 0 Å². The molecule has 0 radical (unpaired) electrons. The van der Waals surface area contributed by atoms with E-state index in [0.29, 0.717) is 16.8 Å². The third-order valence-corrected chi connectivity index (χ3v) is 4.20. The summed E-state index contributed by atoms with van der Waals surface area (Å²) in [5.74, 6) is -4.88. The Labute approximate surface area is 162 Å². The van der Waals surface area contributed by atoms with Gasteiger partial charge in [0.2, 0.25) is 0 Å². The molecule has 0 aliphatic carbocycles. The van der Waals surface area contributed by atoms with Crippen LogP contribution in [0.25, 0.3) is 0 Å². The van der Waals surface area contributed by atoms with Crippen LogP contribution in [0.2, 0.25) is 5.02 Å².